The van der Waals surface area contributed by atoms with E-state index < -0.39 is 0 Å². The van der Waals surface area contributed by atoms with Crippen LogP contribution in [0.25, 0.3) is 0 Å². The molecule has 3 rings (SSSR count). The van der Waals surface area contributed by atoms with Crippen molar-refractivity contribution in [2.45, 2.75) is 89.6 Å². The summed E-state index contributed by atoms with van der Waals surface area (Å²) in [5.41, 5.74) is 1.52. The number of hydrogen-bond acceptors (Lipinski definition) is 3. The summed E-state index contributed by atoms with van der Waals surface area (Å²) in [6.45, 7) is 4.47. The van der Waals surface area contributed by atoms with E-state index in [2.05, 4.69) is 19.2 Å². The molecule has 20 heavy (non-hydrogen) atoms. The van der Waals surface area contributed by atoms with Gasteiger partial charge in [0.1, 0.15) is 5.01 Å². The van der Waals surface area contributed by atoms with E-state index in [1.54, 1.807) is 0 Å². The first-order valence-electron chi connectivity index (χ1n) is 8.48. The van der Waals surface area contributed by atoms with Crippen LogP contribution in [0.5, 0.6) is 0 Å². The zero-order chi connectivity index (χ0) is 14.0. The Balaban J connectivity index is 1.89. The molecule has 3 heteroatoms. The summed E-state index contributed by atoms with van der Waals surface area (Å²) in [6.07, 6.45) is 13.3. The molecule has 1 heterocycles. The van der Waals surface area contributed by atoms with Crippen LogP contribution in [0.4, 0.5) is 0 Å². The van der Waals surface area contributed by atoms with E-state index in [1.807, 2.05) is 11.3 Å². The van der Waals surface area contributed by atoms with Crippen LogP contribution in [0.3, 0.4) is 0 Å². The lowest BCUT2D eigenvalue weighted by Gasteiger charge is -2.35. The predicted molar refractivity (Wildman–Crippen MR) is 86.4 cm³/mol. The molecule has 1 aromatic rings. The van der Waals surface area contributed by atoms with Crippen molar-refractivity contribution in [2.24, 2.45) is 0 Å². The molecule has 0 spiro atoms. The van der Waals surface area contributed by atoms with Crippen LogP contribution in [-0.2, 0) is 12.0 Å². The second-order valence-corrected chi connectivity index (χ2v) is 7.85. The van der Waals surface area contributed by atoms with Gasteiger partial charge < -0.3 is 5.32 Å². The fourth-order valence-electron chi connectivity index (χ4n) is 3.51. The van der Waals surface area contributed by atoms with Gasteiger partial charge in [-0.2, -0.15) is 0 Å². The summed E-state index contributed by atoms with van der Waals surface area (Å²) < 4.78 is 0. The van der Waals surface area contributed by atoms with Crippen LogP contribution in [0.15, 0.2) is 0 Å². The fourth-order valence-corrected chi connectivity index (χ4v) is 4.72. The number of nitrogens with one attached hydrogen (secondary N) is 1. The van der Waals surface area contributed by atoms with Crippen LogP contribution >= 0.6 is 11.3 Å². The topological polar surface area (TPSA) is 24.9 Å². The summed E-state index contributed by atoms with van der Waals surface area (Å²) in [5.74, 6) is 0. The minimum atomic E-state index is 0.199. The van der Waals surface area contributed by atoms with E-state index in [-0.39, 0.29) is 5.54 Å². The lowest BCUT2D eigenvalue weighted by Crippen LogP contribution is -2.44. The first kappa shape index (κ1) is 14.5. The third-order valence-corrected chi connectivity index (χ3v) is 6.12. The highest BCUT2D eigenvalue weighted by molar-refractivity contribution is 7.11. The number of rotatable bonds is 4. The Morgan fingerprint density at radius 2 is 1.80 bits per heavy atom. The number of aryl methyl sites for hydroxylation is 2. The van der Waals surface area contributed by atoms with Crippen LogP contribution in [-0.4, -0.2) is 11.0 Å². The van der Waals surface area contributed by atoms with Gasteiger partial charge in [-0.05, 0) is 39.0 Å². The van der Waals surface area contributed by atoms with Crippen LogP contribution in [0, 0.1) is 6.92 Å². The molecule has 0 aliphatic heterocycles. The van der Waals surface area contributed by atoms with Crippen molar-refractivity contribution in [3.8, 4) is 0 Å². The van der Waals surface area contributed by atoms with E-state index in [0.29, 0.717) is 0 Å². The largest absolute Gasteiger partial charge is 0.303 e. The molecular weight excluding hydrogens is 264 g/mol. The molecule has 0 unspecified atom stereocenters. The normalized spacial score (nSPS) is 23.3. The lowest BCUT2D eigenvalue weighted by molar-refractivity contribution is 0.248. The molecule has 2 aliphatic rings. The summed E-state index contributed by atoms with van der Waals surface area (Å²) in [4.78, 5) is 6.47. The maximum Gasteiger partial charge on any atom is 0.113 e. The molecule has 0 bridgehead atoms. The summed E-state index contributed by atoms with van der Waals surface area (Å²) in [7, 11) is 0. The van der Waals surface area contributed by atoms with Crippen molar-refractivity contribution < 1.29 is 0 Å². The molecule has 0 saturated heterocycles. The third-order valence-electron chi connectivity index (χ3n) is 4.90. The molecule has 1 aromatic heterocycles. The zero-order valence-corrected chi connectivity index (χ0v) is 13.8. The highest BCUT2D eigenvalue weighted by atomic mass is 32.1. The molecule has 0 atom stereocenters. The summed E-state index contributed by atoms with van der Waals surface area (Å²) >= 11 is 1.96. The molecule has 2 saturated carbocycles. The van der Waals surface area contributed by atoms with Gasteiger partial charge in [-0.1, -0.05) is 39.0 Å². The minimum absolute atomic E-state index is 0.199. The van der Waals surface area contributed by atoms with Crippen LogP contribution in [0.2, 0.25) is 0 Å². The third kappa shape index (κ3) is 3.09. The number of aromatic nitrogens is 1. The predicted octanol–water partition coefficient (Wildman–Crippen LogP) is 4.71. The van der Waals surface area contributed by atoms with E-state index >= 15 is 0 Å². The second-order valence-electron chi connectivity index (χ2n) is 6.64. The van der Waals surface area contributed by atoms with Gasteiger partial charge in [0.25, 0.3) is 0 Å². The summed E-state index contributed by atoms with van der Waals surface area (Å²) in [5, 5.41) is 5.39. The standard InChI is InChI=1S/C17H28N2S/c1-3-15-13(2)20-16(18-15)17(19-14-9-10-14)11-7-5-4-6-8-12-17/h14,19H,3-12H2,1-2H3. The Kier molecular flexibility index (Phi) is 4.46. The molecular formula is C17H28N2S. The van der Waals surface area contributed by atoms with Crippen molar-refractivity contribution in [1.29, 1.82) is 0 Å². The maximum atomic E-state index is 5.03. The van der Waals surface area contributed by atoms with Gasteiger partial charge in [-0.25, -0.2) is 4.98 Å². The zero-order valence-electron chi connectivity index (χ0n) is 13.0. The SMILES string of the molecule is CCc1nc(C2(NC3CC3)CCCCCCC2)sc1C. The average molecular weight is 292 g/mol. The maximum absolute atomic E-state index is 5.03. The Morgan fingerprint density at radius 3 is 2.35 bits per heavy atom. The van der Waals surface area contributed by atoms with Gasteiger partial charge in [-0.15, -0.1) is 11.3 Å². The fraction of sp³-hybridized carbons (Fsp3) is 0.824. The minimum Gasteiger partial charge on any atom is -0.303 e. The van der Waals surface area contributed by atoms with Crippen LogP contribution in [0.1, 0.15) is 80.3 Å². The van der Waals surface area contributed by atoms with E-state index in [4.69, 9.17) is 4.98 Å². The van der Waals surface area contributed by atoms with Crippen molar-refractivity contribution >= 4 is 11.3 Å². The van der Waals surface area contributed by atoms with Gasteiger partial charge >= 0.3 is 0 Å². The molecule has 0 radical (unpaired) electrons. The number of nitrogens with zero attached hydrogens (tertiary/aromatic N) is 1. The van der Waals surface area contributed by atoms with Crippen LogP contribution < -0.4 is 5.32 Å². The van der Waals surface area contributed by atoms with Gasteiger partial charge in [0.15, 0.2) is 0 Å². The molecule has 112 valence electrons. The molecule has 0 aromatic carbocycles. The van der Waals surface area contributed by atoms with E-state index in [0.717, 1.165) is 12.5 Å². The van der Waals surface area contributed by atoms with Gasteiger partial charge in [0, 0.05) is 10.9 Å². The van der Waals surface area contributed by atoms with E-state index in [9.17, 15) is 0 Å². The number of hydrogen-bond donors (Lipinski definition) is 1. The highest BCUT2D eigenvalue weighted by Crippen LogP contribution is 2.40. The first-order valence-corrected chi connectivity index (χ1v) is 9.29. The van der Waals surface area contributed by atoms with Crippen molar-refractivity contribution in [3.63, 3.8) is 0 Å². The Bertz CT molecular complexity index is 440. The molecule has 2 nitrogen and oxygen atoms in total. The highest BCUT2D eigenvalue weighted by Gasteiger charge is 2.39. The molecule has 0 amide bonds. The Morgan fingerprint density at radius 1 is 1.15 bits per heavy atom. The Labute approximate surface area is 127 Å². The lowest BCUT2D eigenvalue weighted by atomic mass is 9.84. The van der Waals surface area contributed by atoms with Gasteiger partial charge in [0.2, 0.25) is 0 Å². The van der Waals surface area contributed by atoms with Crippen molar-refractivity contribution in [2.75, 3.05) is 0 Å². The second kappa shape index (κ2) is 6.15. The molecule has 2 fully saturated rings. The van der Waals surface area contributed by atoms with Crippen molar-refractivity contribution in [1.82, 2.24) is 10.3 Å². The first-order chi connectivity index (χ1) is 9.73. The Hall–Kier alpha value is -0.410. The summed E-state index contributed by atoms with van der Waals surface area (Å²) in [6, 6.07) is 0.767. The van der Waals surface area contributed by atoms with Gasteiger partial charge in [0.05, 0.1) is 11.2 Å². The van der Waals surface area contributed by atoms with E-state index in [1.165, 1.54) is 73.4 Å². The smallest absolute Gasteiger partial charge is 0.113 e. The molecule has 1 N–H and O–H groups in total. The van der Waals surface area contributed by atoms with Gasteiger partial charge in [-0.3, -0.25) is 0 Å². The average Bonchev–Trinajstić information content (AvgIpc) is 3.14. The quantitative estimate of drug-likeness (QED) is 0.869. The number of thiazole rings is 1. The molecule has 2 aliphatic carbocycles. The monoisotopic (exact) mass is 292 g/mol. The van der Waals surface area contributed by atoms with Crippen molar-refractivity contribution in [3.05, 3.63) is 15.6 Å².